The van der Waals surface area contributed by atoms with Gasteiger partial charge in [0.1, 0.15) is 5.25 Å². The smallest absolute Gasteiger partial charge is 0.183 e. The van der Waals surface area contributed by atoms with E-state index in [-0.39, 0.29) is 5.75 Å². The van der Waals surface area contributed by atoms with E-state index in [0.29, 0.717) is 5.56 Å². The highest BCUT2D eigenvalue weighted by Crippen LogP contribution is 2.12. The number of carbonyl (C=O) groups excluding carboxylic acids is 1. The summed E-state index contributed by atoms with van der Waals surface area (Å²) in [7, 11) is -3.57. The minimum Gasteiger partial charge on any atom is -0.395 e. The Morgan fingerprint density at radius 1 is 1.41 bits per heavy atom. The third-order valence-electron chi connectivity index (χ3n) is 2.60. The predicted octanol–water partition coefficient (Wildman–Crippen LogP) is 0.973. The van der Waals surface area contributed by atoms with E-state index in [0.717, 1.165) is 5.56 Å². The molecule has 0 amide bonds. The van der Waals surface area contributed by atoms with Crippen LogP contribution in [-0.4, -0.2) is 36.9 Å². The van der Waals surface area contributed by atoms with E-state index < -0.39 is 27.5 Å². The number of carbonyl (C=O) groups is 1. The largest absolute Gasteiger partial charge is 0.395 e. The number of sulfone groups is 1. The molecular weight excluding hydrogens is 240 g/mol. The average Bonchev–Trinajstić information content (AvgIpc) is 2.29. The zero-order chi connectivity index (χ0) is 13.1. The lowest BCUT2D eigenvalue weighted by molar-refractivity contribution is 0.0961. The predicted molar refractivity (Wildman–Crippen MR) is 65.8 cm³/mol. The molecule has 1 aromatic rings. The molecule has 0 aliphatic rings. The second-order valence-electron chi connectivity index (χ2n) is 3.86. The van der Waals surface area contributed by atoms with Gasteiger partial charge in [-0.2, -0.15) is 0 Å². The third kappa shape index (κ3) is 3.14. The summed E-state index contributed by atoms with van der Waals surface area (Å²) in [6, 6.07) is 6.69. The van der Waals surface area contributed by atoms with Crippen LogP contribution >= 0.6 is 0 Å². The Kier molecular flexibility index (Phi) is 4.42. The molecule has 0 unspecified atom stereocenters. The molecule has 0 radical (unpaired) electrons. The number of Topliss-reactive ketones (excluding diaryl/α,β-unsaturated/α-hetero) is 1. The first kappa shape index (κ1) is 13.9. The SMILES string of the molecule is CCS(=O)(=O)[C@H](CO)C(=O)c1cccc(C)c1. The van der Waals surface area contributed by atoms with Crippen molar-refractivity contribution in [3.05, 3.63) is 35.4 Å². The second-order valence-corrected chi connectivity index (χ2v) is 6.33. The molecule has 0 bridgehead atoms. The number of hydrogen-bond acceptors (Lipinski definition) is 4. The highest BCUT2D eigenvalue weighted by molar-refractivity contribution is 7.92. The molecular formula is C12H16O4S. The van der Waals surface area contributed by atoms with Crippen molar-refractivity contribution >= 4 is 15.6 Å². The maximum atomic E-state index is 12.0. The van der Waals surface area contributed by atoms with E-state index in [2.05, 4.69) is 0 Å². The number of hydrogen-bond donors (Lipinski definition) is 1. The van der Waals surface area contributed by atoms with Crippen LogP contribution in [0.1, 0.15) is 22.8 Å². The lowest BCUT2D eigenvalue weighted by atomic mass is 10.1. The number of aliphatic hydroxyl groups excluding tert-OH is 1. The Morgan fingerprint density at radius 3 is 2.53 bits per heavy atom. The summed E-state index contributed by atoms with van der Waals surface area (Å²) in [4.78, 5) is 12.0. The van der Waals surface area contributed by atoms with Gasteiger partial charge >= 0.3 is 0 Å². The van der Waals surface area contributed by atoms with Gasteiger partial charge in [-0.05, 0) is 13.0 Å². The molecule has 1 atom stereocenters. The number of aliphatic hydroxyl groups is 1. The van der Waals surface area contributed by atoms with Crippen molar-refractivity contribution in [2.24, 2.45) is 0 Å². The van der Waals surface area contributed by atoms with Gasteiger partial charge in [-0.1, -0.05) is 30.7 Å². The van der Waals surface area contributed by atoms with Gasteiger partial charge in [0.2, 0.25) is 0 Å². The molecule has 1 rings (SSSR count). The van der Waals surface area contributed by atoms with Gasteiger partial charge < -0.3 is 5.11 Å². The molecule has 4 nitrogen and oxygen atoms in total. The first-order valence-electron chi connectivity index (χ1n) is 5.35. The van der Waals surface area contributed by atoms with Crippen LogP contribution in [-0.2, 0) is 9.84 Å². The highest BCUT2D eigenvalue weighted by atomic mass is 32.2. The molecule has 1 aromatic carbocycles. The van der Waals surface area contributed by atoms with Crippen LogP contribution < -0.4 is 0 Å². The van der Waals surface area contributed by atoms with Crippen molar-refractivity contribution in [1.82, 2.24) is 0 Å². The molecule has 94 valence electrons. The first-order valence-corrected chi connectivity index (χ1v) is 7.07. The molecule has 0 aromatic heterocycles. The molecule has 0 saturated heterocycles. The van der Waals surface area contributed by atoms with Gasteiger partial charge in [0.05, 0.1) is 6.61 Å². The summed E-state index contributed by atoms with van der Waals surface area (Å²) < 4.78 is 23.3. The summed E-state index contributed by atoms with van der Waals surface area (Å²) in [5.41, 5.74) is 1.20. The number of rotatable bonds is 5. The standard InChI is InChI=1S/C12H16O4S/c1-3-17(15,16)11(8-13)12(14)10-6-4-5-9(2)7-10/h4-7,11,13H,3,8H2,1-2H3/t11-/m1/s1. The normalized spacial score (nSPS) is 13.4. The zero-order valence-corrected chi connectivity index (χ0v) is 10.7. The highest BCUT2D eigenvalue weighted by Gasteiger charge is 2.31. The van der Waals surface area contributed by atoms with E-state index in [4.69, 9.17) is 5.11 Å². The van der Waals surface area contributed by atoms with Crippen molar-refractivity contribution in [3.8, 4) is 0 Å². The van der Waals surface area contributed by atoms with Crippen molar-refractivity contribution in [3.63, 3.8) is 0 Å². The summed E-state index contributed by atoms with van der Waals surface area (Å²) in [5, 5.41) is 7.74. The van der Waals surface area contributed by atoms with Gasteiger partial charge in [0, 0.05) is 11.3 Å². The van der Waals surface area contributed by atoms with Crippen molar-refractivity contribution in [2.45, 2.75) is 19.1 Å². The van der Waals surface area contributed by atoms with Crippen LogP contribution in [0.4, 0.5) is 0 Å². The van der Waals surface area contributed by atoms with Crippen LogP contribution in [0, 0.1) is 6.92 Å². The molecule has 0 saturated carbocycles. The molecule has 0 aliphatic heterocycles. The van der Waals surface area contributed by atoms with Crippen molar-refractivity contribution in [1.29, 1.82) is 0 Å². The molecule has 0 heterocycles. The van der Waals surface area contributed by atoms with E-state index >= 15 is 0 Å². The minimum atomic E-state index is -3.57. The van der Waals surface area contributed by atoms with E-state index in [1.54, 1.807) is 18.2 Å². The summed E-state index contributed by atoms with van der Waals surface area (Å²) in [5.74, 6) is -0.700. The fraction of sp³-hybridized carbons (Fsp3) is 0.417. The Bertz CT molecular complexity index is 505. The molecule has 0 aliphatic carbocycles. The summed E-state index contributed by atoms with van der Waals surface area (Å²) >= 11 is 0. The quantitative estimate of drug-likeness (QED) is 0.797. The van der Waals surface area contributed by atoms with E-state index in [9.17, 15) is 13.2 Å². The Hall–Kier alpha value is -1.20. The second kappa shape index (κ2) is 5.42. The van der Waals surface area contributed by atoms with Crippen LogP contribution in [0.5, 0.6) is 0 Å². The summed E-state index contributed by atoms with van der Waals surface area (Å²) in [6.45, 7) is 2.60. The van der Waals surface area contributed by atoms with Gasteiger partial charge in [-0.25, -0.2) is 8.42 Å². The number of benzene rings is 1. The van der Waals surface area contributed by atoms with Gasteiger partial charge in [-0.15, -0.1) is 0 Å². The van der Waals surface area contributed by atoms with Crippen LogP contribution in [0.2, 0.25) is 0 Å². The van der Waals surface area contributed by atoms with E-state index in [1.165, 1.54) is 6.92 Å². The maximum Gasteiger partial charge on any atom is 0.183 e. The summed E-state index contributed by atoms with van der Waals surface area (Å²) in [6.07, 6.45) is 0. The monoisotopic (exact) mass is 256 g/mol. The molecule has 1 N–H and O–H groups in total. The Labute approximate surface area is 101 Å². The molecule has 5 heteroatoms. The Balaban J connectivity index is 3.11. The van der Waals surface area contributed by atoms with Crippen molar-refractivity contribution in [2.75, 3.05) is 12.4 Å². The lowest BCUT2D eigenvalue weighted by Gasteiger charge is -2.13. The van der Waals surface area contributed by atoms with Gasteiger partial charge in [0.25, 0.3) is 0 Å². The van der Waals surface area contributed by atoms with Crippen LogP contribution in [0.3, 0.4) is 0 Å². The lowest BCUT2D eigenvalue weighted by Crippen LogP contribution is -2.35. The number of ketones is 1. The van der Waals surface area contributed by atoms with Gasteiger partial charge in [-0.3, -0.25) is 4.79 Å². The molecule has 17 heavy (non-hydrogen) atoms. The zero-order valence-electron chi connectivity index (χ0n) is 9.88. The average molecular weight is 256 g/mol. The topological polar surface area (TPSA) is 71.4 Å². The van der Waals surface area contributed by atoms with Crippen LogP contribution in [0.25, 0.3) is 0 Å². The van der Waals surface area contributed by atoms with Gasteiger partial charge in [0.15, 0.2) is 15.6 Å². The number of aryl methyl sites for hydroxylation is 1. The fourth-order valence-electron chi connectivity index (χ4n) is 1.54. The van der Waals surface area contributed by atoms with Crippen LogP contribution in [0.15, 0.2) is 24.3 Å². The van der Waals surface area contributed by atoms with E-state index in [1.807, 2.05) is 13.0 Å². The molecule has 0 fully saturated rings. The Morgan fingerprint density at radius 2 is 2.06 bits per heavy atom. The maximum absolute atomic E-state index is 12.0. The first-order chi connectivity index (χ1) is 7.92. The third-order valence-corrected chi connectivity index (χ3v) is 4.63. The fourth-order valence-corrected chi connectivity index (χ4v) is 2.64. The minimum absolute atomic E-state index is 0.157. The molecule has 0 spiro atoms. The van der Waals surface area contributed by atoms with Crippen molar-refractivity contribution < 1.29 is 18.3 Å².